The van der Waals surface area contributed by atoms with E-state index in [1.807, 2.05) is 7.05 Å². The van der Waals surface area contributed by atoms with Crippen molar-refractivity contribution in [2.45, 2.75) is 33.1 Å². The minimum absolute atomic E-state index is 0.858. The van der Waals surface area contributed by atoms with Crippen LogP contribution in [0.2, 0.25) is 0 Å². The van der Waals surface area contributed by atoms with Gasteiger partial charge in [-0.3, -0.25) is 4.99 Å². The zero-order valence-electron chi connectivity index (χ0n) is 13.0. The van der Waals surface area contributed by atoms with Crippen molar-refractivity contribution in [3.63, 3.8) is 0 Å². The van der Waals surface area contributed by atoms with E-state index in [0.29, 0.717) is 0 Å². The van der Waals surface area contributed by atoms with Gasteiger partial charge in [0.05, 0.1) is 0 Å². The van der Waals surface area contributed by atoms with Crippen molar-refractivity contribution in [2.24, 2.45) is 10.9 Å². The minimum atomic E-state index is 0.858. The molecule has 0 bridgehead atoms. The summed E-state index contributed by atoms with van der Waals surface area (Å²) >= 11 is 0. The Balaban J connectivity index is 1.78. The second-order valence-corrected chi connectivity index (χ2v) is 5.88. The van der Waals surface area contributed by atoms with Crippen LogP contribution in [0.3, 0.4) is 0 Å². The van der Waals surface area contributed by atoms with Crippen LogP contribution in [0.5, 0.6) is 0 Å². The summed E-state index contributed by atoms with van der Waals surface area (Å²) in [4.78, 5) is 6.80. The molecule has 1 heterocycles. The fourth-order valence-corrected chi connectivity index (χ4v) is 2.63. The predicted molar refractivity (Wildman–Crippen MR) is 86.2 cm³/mol. The first-order valence-electron chi connectivity index (χ1n) is 7.70. The van der Waals surface area contributed by atoms with E-state index < -0.39 is 0 Å². The number of guanidine groups is 1. The summed E-state index contributed by atoms with van der Waals surface area (Å²) in [5.74, 6) is 1.92. The number of benzene rings is 1. The molecule has 3 nitrogen and oxygen atoms in total. The van der Waals surface area contributed by atoms with Gasteiger partial charge in [0.2, 0.25) is 0 Å². The van der Waals surface area contributed by atoms with Crippen molar-refractivity contribution >= 4 is 5.96 Å². The Morgan fingerprint density at radius 1 is 1.25 bits per heavy atom. The smallest absolute Gasteiger partial charge is 0.193 e. The Morgan fingerprint density at radius 3 is 2.50 bits per heavy atom. The molecule has 3 heteroatoms. The molecule has 0 spiro atoms. The number of aliphatic imine (C=N–C) groups is 1. The number of likely N-dealkylation sites (tertiary alicyclic amines) is 1. The molecule has 0 unspecified atom stereocenters. The van der Waals surface area contributed by atoms with Crippen LogP contribution in [0.1, 0.15) is 30.9 Å². The molecular formula is C17H27N3. The number of hydrogen-bond donors (Lipinski definition) is 1. The molecule has 1 aliphatic rings. The number of rotatable bonds is 3. The normalized spacial score (nSPS) is 17.4. The van der Waals surface area contributed by atoms with Gasteiger partial charge in [-0.15, -0.1) is 0 Å². The molecule has 1 aromatic carbocycles. The van der Waals surface area contributed by atoms with Crippen molar-refractivity contribution in [3.05, 3.63) is 35.4 Å². The van der Waals surface area contributed by atoms with Crippen LogP contribution in [0, 0.1) is 12.8 Å². The maximum atomic E-state index is 4.41. The molecule has 20 heavy (non-hydrogen) atoms. The molecule has 1 N–H and O–H groups in total. The van der Waals surface area contributed by atoms with Gasteiger partial charge in [-0.05, 0) is 37.7 Å². The van der Waals surface area contributed by atoms with Gasteiger partial charge in [-0.25, -0.2) is 0 Å². The van der Waals surface area contributed by atoms with Crippen LogP contribution in [0.4, 0.5) is 0 Å². The first-order chi connectivity index (χ1) is 9.69. The van der Waals surface area contributed by atoms with E-state index in [2.05, 4.69) is 53.3 Å². The summed E-state index contributed by atoms with van der Waals surface area (Å²) in [6.07, 6.45) is 3.60. The molecule has 1 aliphatic heterocycles. The standard InChI is InChI=1S/C17H27N3/c1-14-4-6-16(7-5-14)8-11-19-17(18-3)20-12-9-15(2)10-13-20/h4-7,15H,8-13H2,1-3H3,(H,18,19). The van der Waals surface area contributed by atoms with E-state index in [9.17, 15) is 0 Å². The molecular weight excluding hydrogens is 246 g/mol. The summed E-state index contributed by atoms with van der Waals surface area (Å²) in [6.45, 7) is 7.67. The molecule has 0 radical (unpaired) electrons. The average Bonchev–Trinajstić information content (AvgIpc) is 2.47. The fraction of sp³-hybridized carbons (Fsp3) is 0.588. The number of nitrogens with one attached hydrogen (secondary N) is 1. The summed E-state index contributed by atoms with van der Waals surface area (Å²) < 4.78 is 0. The van der Waals surface area contributed by atoms with Crippen LogP contribution < -0.4 is 5.32 Å². The first kappa shape index (κ1) is 14.9. The van der Waals surface area contributed by atoms with Gasteiger partial charge in [0, 0.05) is 26.7 Å². The van der Waals surface area contributed by atoms with Crippen molar-refractivity contribution in [1.82, 2.24) is 10.2 Å². The summed E-state index contributed by atoms with van der Waals surface area (Å²) in [7, 11) is 1.88. The van der Waals surface area contributed by atoms with Crippen LogP contribution in [0.15, 0.2) is 29.3 Å². The highest BCUT2D eigenvalue weighted by atomic mass is 15.3. The van der Waals surface area contributed by atoms with Gasteiger partial charge < -0.3 is 10.2 Å². The SMILES string of the molecule is CN=C(NCCc1ccc(C)cc1)N1CCC(C)CC1. The van der Waals surface area contributed by atoms with Crippen molar-refractivity contribution < 1.29 is 0 Å². The zero-order chi connectivity index (χ0) is 14.4. The number of aryl methyl sites for hydroxylation is 1. The monoisotopic (exact) mass is 273 g/mol. The van der Waals surface area contributed by atoms with Crippen LogP contribution in [-0.4, -0.2) is 37.5 Å². The lowest BCUT2D eigenvalue weighted by Gasteiger charge is -2.32. The van der Waals surface area contributed by atoms with Gasteiger partial charge in [-0.2, -0.15) is 0 Å². The van der Waals surface area contributed by atoms with Gasteiger partial charge in [0.1, 0.15) is 0 Å². The van der Waals surface area contributed by atoms with Gasteiger partial charge >= 0.3 is 0 Å². The van der Waals surface area contributed by atoms with E-state index >= 15 is 0 Å². The Morgan fingerprint density at radius 2 is 1.90 bits per heavy atom. The lowest BCUT2D eigenvalue weighted by Crippen LogP contribution is -2.45. The van der Waals surface area contributed by atoms with Gasteiger partial charge in [0.25, 0.3) is 0 Å². The van der Waals surface area contributed by atoms with E-state index in [4.69, 9.17) is 0 Å². The average molecular weight is 273 g/mol. The molecule has 110 valence electrons. The van der Waals surface area contributed by atoms with E-state index in [1.54, 1.807) is 0 Å². The van der Waals surface area contributed by atoms with E-state index in [1.165, 1.54) is 24.0 Å². The Labute approximate surface area is 123 Å². The molecule has 0 saturated carbocycles. The molecule has 2 rings (SSSR count). The maximum Gasteiger partial charge on any atom is 0.193 e. The van der Waals surface area contributed by atoms with Crippen LogP contribution in [0.25, 0.3) is 0 Å². The highest BCUT2D eigenvalue weighted by molar-refractivity contribution is 5.79. The maximum absolute atomic E-state index is 4.41. The number of hydrogen-bond acceptors (Lipinski definition) is 1. The molecule has 0 aliphatic carbocycles. The van der Waals surface area contributed by atoms with Crippen molar-refractivity contribution in [2.75, 3.05) is 26.7 Å². The highest BCUT2D eigenvalue weighted by Crippen LogP contribution is 2.15. The quantitative estimate of drug-likeness (QED) is 0.677. The van der Waals surface area contributed by atoms with E-state index in [0.717, 1.165) is 37.9 Å². The van der Waals surface area contributed by atoms with Crippen molar-refractivity contribution in [1.29, 1.82) is 0 Å². The largest absolute Gasteiger partial charge is 0.356 e. The highest BCUT2D eigenvalue weighted by Gasteiger charge is 2.18. The fourth-order valence-electron chi connectivity index (χ4n) is 2.63. The van der Waals surface area contributed by atoms with Crippen LogP contribution >= 0.6 is 0 Å². The molecule has 0 amide bonds. The van der Waals surface area contributed by atoms with Crippen molar-refractivity contribution in [3.8, 4) is 0 Å². The molecule has 1 aromatic rings. The molecule has 0 atom stereocenters. The third kappa shape index (κ3) is 4.26. The topological polar surface area (TPSA) is 27.6 Å². The third-order valence-electron chi connectivity index (χ3n) is 4.11. The second kappa shape index (κ2) is 7.32. The van der Waals surface area contributed by atoms with Crippen LogP contribution in [-0.2, 0) is 6.42 Å². The van der Waals surface area contributed by atoms with E-state index in [-0.39, 0.29) is 0 Å². The first-order valence-corrected chi connectivity index (χ1v) is 7.70. The summed E-state index contributed by atoms with van der Waals surface area (Å²) in [6, 6.07) is 8.77. The van der Waals surface area contributed by atoms with Gasteiger partial charge in [-0.1, -0.05) is 36.8 Å². The molecule has 1 saturated heterocycles. The minimum Gasteiger partial charge on any atom is -0.356 e. The summed E-state index contributed by atoms with van der Waals surface area (Å²) in [5.41, 5.74) is 2.70. The Kier molecular flexibility index (Phi) is 5.45. The Bertz CT molecular complexity index is 428. The lowest BCUT2D eigenvalue weighted by molar-refractivity contribution is 0.273. The molecule has 1 fully saturated rings. The van der Waals surface area contributed by atoms with Gasteiger partial charge in [0.15, 0.2) is 5.96 Å². The number of piperidine rings is 1. The zero-order valence-corrected chi connectivity index (χ0v) is 13.0. The lowest BCUT2D eigenvalue weighted by atomic mass is 9.99. The summed E-state index contributed by atoms with van der Waals surface area (Å²) in [5, 5.41) is 3.49. The Hall–Kier alpha value is -1.51. The molecule has 0 aromatic heterocycles. The second-order valence-electron chi connectivity index (χ2n) is 5.88. The number of nitrogens with zero attached hydrogens (tertiary/aromatic N) is 2. The third-order valence-corrected chi connectivity index (χ3v) is 4.11. The predicted octanol–water partition coefficient (Wildman–Crippen LogP) is 2.84.